The van der Waals surface area contributed by atoms with E-state index in [0.717, 1.165) is 30.4 Å². The van der Waals surface area contributed by atoms with Gasteiger partial charge < -0.3 is 26.4 Å². The molecule has 4 aliphatic carbocycles. The van der Waals surface area contributed by atoms with Gasteiger partial charge in [-0.3, -0.25) is 24.0 Å². The maximum Gasteiger partial charge on any atom is 0.322 e. The van der Waals surface area contributed by atoms with E-state index < -0.39 is 54.8 Å². The Morgan fingerprint density at radius 2 is 1.25 bits per heavy atom. The number of amides is 4. The first-order valence-electron chi connectivity index (χ1n) is 16.5. The third-order valence-corrected chi connectivity index (χ3v) is 9.89. The molecule has 4 amide bonds. The second kappa shape index (κ2) is 14.4. The van der Waals surface area contributed by atoms with Crippen molar-refractivity contribution in [1.29, 1.82) is 0 Å². The molecule has 0 spiro atoms. The van der Waals surface area contributed by atoms with E-state index in [2.05, 4.69) is 31.6 Å². The highest BCUT2D eigenvalue weighted by Crippen LogP contribution is 2.58. The van der Waals surface area contributed by atoms with Crippen LogP contribution in [-0.2, 0) is 37.6 Å². The molecule has 4 saturated carbocycles. The number of carbonyl (C=O) groups is 5. The summed E-state index contributed by atoms with van der Waals surface area (Å²) in [5, 5.41) is 27.8. The third-order valence-electron chi connectivity index (χ3n) is 9.89. The van der Waals surface area contributed by atoms with E-state index in [4.69, 9.17) is 5.11 Å². The van der Waals surface area contributed by atoms with Crippen LogP contribution in [0.15, 0.2) is 66.9 Å². The molecule has 5 N–H and O–H groups in total. The fourth-order valence-electron chi connectivity index (χ4n) is 8.12. The normalized spacial score (nSPS) is 23.5. The number of carboxylic acids is 1. The van der Waals surface area contributed by atoms with Gasteiger partial charge >= 0.3 is 5.97 Å². The van der Waals surface area contributed by atoms with E-state index in [1.165, 1.54) is 19.3 Å². The quantitative estimate of drug-likeness (QED) is 0.173. The smallest absolute Gasteiger partial charge is 0.322 e. The van der Waals surface area contributed by atoms with Gasteiger partial charge in [-0.25, -0.2) is 4.68 Å². The van der Waals surface area contributed by atoms with Gasteiger partial charge in [-0.2, -0.15) is 0 Å². The molecule has 2 aromatic carbocycles. The zero-order chi connectivity index (χ0) is 33.7. The van der Waals surface area contributed by atoms with Gasteiger partial charge in [-0.1, -0.05) is 65.9 Å². The van der Waals surface area contributed by atoms with Gasteiger partial charge in [-0.15, -0.1) is 5.10 Å². The van der Waals surface area contributed by atoms with Gasteiger partial charge in [0.05, 0.1) is 18.3 Å². The second-order valence-electron chi connectivity index (χ2n) is 13.5. The average Bonchev–Trinajstić information content (AvgIpc) is 3.58. The zero-order valence-corrected chi connectivity index (χ0v) is 26.6. The van der Waals surface area contributed by atoms with Crippen LogP contribution in [0, 0.1) is 17.8 Å². The lowest BCUT2D eigenvalue weighted by molar-refractivity contribution is -0.138. The van der Waals surface area contributed by atoms with Gasteiger partial charge in [0.25, 0.3) is 5.91 Å². The molecule has 13 heteroatoms. The van der Waals surface area contributed by atoms with Crippen LogP contribution in [-0.4, -0.2) is 74.9 Å². The minimum Gasteiger partial charge on any atom is -0.480 e. The number of hydrogen-bond donors (Lipinski definition) is 5. The Kier molecular flexibility index (Phi) is 9.83. The molecule has 4 fully saturated rings. The van der Waals surface area contributed by atoms with Gasteiger partial charge in [-0.05, 0) is 67.4 Å². The predicted octanol–water partition coefficient (Wildman–Crippen LogP) is 1.59. The fraction of sp³-hybridized carbons (Fsp3) is 0.457. The number of nitrogens with one attached hydrogen (secondary N) is 4. The molecule has 13 nitrogen and oxygen atoms in total. The number of carboxylic acid groups (broad SMARTS) is 1. The van der Waals surface area contributed by atoms with Crippen molar-refractivity contribution < 1.29 is 29.1 Å². The van der Waals surface area contributed by atoms with E-state index >= 15 is 0 Å². The molecule has 0 saturated heterocycles. The summed E-state index contributed by atoms with van der Waals surface area (Å²) in [7, 11) is 0. The van der Waals surface area contributed by atoms with Crippen LogP contribution in [0.4, 0.5) is 0 Å². The lowest BCUT2D eigenvalue weighted by atomic mass is 9.53. The largest absolute Gasteiger partial charge is 0.480 e. The van der Waals surface area contributed by atoms with Crippen molar-refractivity contribution in [3.63, 3.8) is 0 Å². The van der Waals surface area contributed by atoms with Crippen molar-refractivity contribution in [3.05, 3.63) is 83.7 Å². The van der Waals surface area contributed by atoms with Crippen LogP contribution in [0.25, 0.3) is 0 Å². The number of aromatic nitrogens is 3. The molecule has 4 bridgehead atoms. The van der Waals surface area contributed by atoms with Crippen molar-refractivity contribution in [2.75, 3.05) is 13.1 Å². The minimum absolute atomic E-state index is 0.0998. The molecule has 1 aromatic heterocycles. The summed E-state index contributed by atoms with van der Waals surface area (Å²) in [6.07, 6.45) is 8.98. The second-order valence-corrected chi connectivity index (χ2v) is 13.5. The first-order chi connectivity index (χ1) is 23.2. The number of rotatable bonds is 14. The highest BCUT2D eigenvalue weighted by atomic mass is 16.4. The molecule has 3 aromatic rings. The zero-order valence-electron chi connectivity index (χ0n) is 26.6. The number of carbonyl (C=O) groups excluding carboxylic acids is 4. The van der Waals surface area contributed by atoms with Gasteiger partial charge in [0.1, 0.15) is 18.6 Å². The molecule has 4 aliphatic rings. The SMILES string of the molecule is O=C(O)CNC(=O)[C@H](Cc1ccccc1)NC(=O)CNC(=O)[C@H](Cc1ccccc1)NC(=O)c1cn(C23CC4CC(CC(C4)C2)C3)nn1. The molecule has 0 radical (unpaired) electrons. The Balaban J connectivity index is 1.10. The fourth-order valence-corrected chi connectivity index (χ4v) is 8.12. The molecule has 0 aliphatic heterocycles. The van der Waals surface area contributed by atoms with E-state index in [-0.39, 0.29) is 24.1 Å². The van der Waals surface area contributed by atoms with E-state index in [0.29, 0.717) is 17.8 Å². The predicted molar refractivity (Wildman–Crippen MR) is 173 cm³/mol. The topological polar surface area (TPSA) is 184 Å². The maximum absolute atomic E-state index is 13.5. The van der Waals surface area contributed by atoms with Crippen LogP contribution in [0.3, 0.4) is 0 Å². The van der Waals surface area contributed by atoms with Crippen LogP contribution >= 0.6 is 0 Å². The highest BCUT2D eigenvalue weighted by molar-refractivity contribution is 5.97. The molecule has 252 valence electrons. The third kappa shape index (κ3) is 7.89. The summed E-state index contributed by atoms with van der Waals surface area (Å²) in [6, 6.07) is 16.0. The Labute approximate surface area is 278 Å². The van der Waals surface area contributed by atoms with Crippen molar-refractivity contribution in [2.24, 2.45) is 17.8 Å². The van der Waals surface area contributed by atoms with Crippen LogP contribution in [0.2, 0.25) is 0 Å². The Morgan fingerprint density at radius 3 is 1.77 bits per heavy atom. The Morgan fingerprint density at radius 1 is 0.750 bits per heavy atom. The van der Waals surface area contributed by atoms with Crippen LogP contribution < -0.4 is 21.3 Å². The lowest BCUT2D eigenvalue weighted by Gasteiger charge is -2.56. The van der Waals surface area contributed by atoms with Crippen molar-refractivity contribution in [3.8, 4) is 0 Å². The van der Waals surface area contributed by atoms with E-state index in [1.807, 2.05) is 41.1 Å². The number of aliphatic carboxylic acids is 1. The Bertz CT molecular complexity index is 1610. The van der Waals surface area contributed by atoms with Crippen LogP contribution in [0.5, 0.6) is 0 Å². The van der Waals surface area contributed by atoms with E-state index in [9.17, 15) is 24.0 Å². The highest BCUT2D eigenvalue weighted by Gasteiger charge is 2.52. The molecule has 0 unspecified atom stereocenters. The number of benzene rings is 2. The van der Waals surface area contributed by atoms with E-state index in [1.54, 1.807) is 30.5 Å². The summed E-state index contributed by atoms with van der Waals surface area (Å²) < 4.78 is 1.89. The summed E-state index contributed by atoms with van der Waals surface area (Å²) in [5.74, 6) is -1.59. The Hall–Kier alpha value is -5.07. The van der Waals surface area contributed by atoms with Crippen molar-refractivity contribution in [1.82, 2.24) is 36.3 Å². The first kappa shape index (κ1) is 32.9. The summed E-state index contributed by atoms with van der Waals surface area (Å²) >= 11 is 0. The molecule has 2 atom stereocenters. The molecular weight excluding hydrogens is 614 g/mol. The van der Waals surface area contributed by atoms with Crippen molar-refractivity contribution >= 4 is 29.6 Å². The van der Waals surface area contributed by atoms with Gasteiger partial charge in [0, 0.05) is 12.8 Å². The van der Waals surface area contributed by atoms with Crippen molar-refractivity contribution in [2.45, 2.75) is 69.0 Å². The number of hydrogen-bond acceptors (Lipinski definition) is 7. The molecular formula is C35H41N7O6. The van der Waals surface area contributed by atoms with Gasteiger partial charge in [0.15, 0.2) is 5.69 Å². The molecule has 7 rings (SSSR count). The summed E-state index contributed by atoms with van der Waals surface area (Å²) in [5.41, 5.74) is 1.59. The summed E-state index contributed by atoms with van der Waals surface area (Å²) in [6.45, 7) is -1.08. The standard InChI is InChI=1S/C35H41N7O6/c43-30(38-27(32(46)37-20-31(44)45)14-22-7-3-1-4-8-22)19-36-33(47)28(15-23-9-5-2-6-10-23)39-34(48)29-21-42(41-40-29)35-16-24-11-25(17-35)13-26(12-24)18-35/h1-10,21,24-28H,11-20H2,(H,36,47)(H,37,46)(H,38,43)(H,39,48)(H,44,45)/t24?,25?,26?,27-,28-,35?/m0/s1. The molecule has 48 heavy (non-hydrogen) atoms. The average molecular weight is 656 g/mol. The monoisotopic (exact) mass is 655 g/mol. The van der Waals surface area contributed by atoms with Gasteiger partial charge in [0.2, 0.25) is 17.7 Å². The lowest BCUT2D eigenvalue weighted by Crippen LogP contribution is -2.53. The van der Waals surface area contributed by atoms with Crippen LogP contribution in [0.1, 0.15) is 60.1 Å². The first-order valence-corrected chi connectivity index (χ1v) is 16.5. The number of nitrogens with zero attached hydrogens (tertiary/aromatic N) is 3. The molecule has 1 heterocycles. The summed E-state index contributed by atoms with van der Waals surface area (Å²) in [4.78, 5) is 63.6. The maximum atomic E-state index is 13.5. The minimum atomic E-state index is -1.22.